The summed E-state index contributed by atoms with van der Waals surface area (Å²) in [6.45, 7) is 8.93. The molecule has 1 atom stereocenters. The molecule has 6 nitrogen and oxygen atoms in total. The molecule has 0 aliphatic rings. The smallest absolute Gasteiger partial charge is 0.407 e. The minimum Gasteiger partial charge on any atom is -0.444 e. The topological polar surface area (TPSA) is 81.7 Å². The number of carbonyl (C=O) groups excluding carboxylic acids is 1. The van der Waals surface area contributed by atoms with Gasteiger partial charge in [-0.05, 0) is 53.2 Å². The average molecular weight is 343 g/mol. The highest BCUT2D eigenvalue weighted by Crippen LogP contribution is 2.14. The fourth-order valence-electron chi connectivity index (χ4n) is 1.69. The van der Waals surface area contributed by atoms with Gasteiger partial charge in [0.25, 0.3) is 10.1 Å². The molecule has 0 radical (unpaired) electrons. The van der Waals surface area contributed by atoms with Crippen molar-refractivity contribution in [3.63, 3.8) is 0 Å². The van der Waals surface area contributed by atoms with Crippen molar-refractivity contribution in [1.82, 2.24) is 5.32 Å². The van der Waals surface area contributed by atoms with Gasteiger partial charge in [0.2, 0.25) is 0 Å². The van der Waals surface area contributed by atoms with Gasteiger partial charge in [-0.2, -0.15) is 8.42 Å². The number of amides is 1. The number of alkyl carbamates (subject to hydrolysis) is 1. The summed E-state index contributed by atoms with van der Waals surface area (Å²) in [7, 11) is -3.77. The van der Waals surface area contributed by atoms with Crippen LogP contribution in [0.2, 0.25) is 0 Å². The van der Waals surface area contributed by atoms with Crippen LogP contribution in [0.3, 0.4) is 0 Å². The van der Waals surface area contributed by atoms with E-state index in [1.165, 1.54) is 12.1 Å². The van der Waals surface area contributed by atoms with Crippen LogP contribution in [0, 0.1) is 6.92 Å². The molecule has 1 aromatic carbocycles. The molecule has 1 unspecified atom stereocenters. The van der Waals surface area contributed by atoms with Crippen molar-refractivity contribution >= 4 is 16.2 Å². The van der Waals surface area contributed by atoms with E-state index in [0.29, 0.717) is 6.42 Å². The van der Waals surface area contributed by atoms with Gasteiger partial charge in [-0.3, -0.25) is 4.18 Å². The summed E-state index contributed by atoms with van der Waals surface area (Å²) in [6.07, 6.45) is -0.184. The summed E-state index contributed by atoms with van der Waals surface area (Å²) in [6, 6.07) is 6.17. The first kappa shape index (κ1) is 19.4. The van der Waals surface area contributed by atoms with Crippen molar-refractivity contribution in [3.05, 3.63) is 29.8 Å². The fraction of sp³-hybridized carbons (Fsp3) is 0.562. The molecule has 0 fully saturated rings. The lowest BCUT2D eigenvalue weighted by Crippen LogP contribution is -2.38. The maximum absolute atomic E-state index is 12.0. The third kappa shape index (κ3) is 7.47. The van der Waals surface area contributed by atoms with Gasteiger partial charge in [-0.1, -0.05) is 17.7 Å². The second kappa shape index (κ2) is 7.79. The van der Waals surface area contributed by atoms with E-state index in [4.69, 9.17) is 8.92 Å². The fourth-order valence-corrected chi connectivity index (χ4v) is 2.61. The van der Waals surface area contributed by atoms with E-state index in [9.17, 15) is 13.2 Å². The lowest BCUT2D eigenvalue weighted by molar-refractivity contribution is 0.0503. The zero-order valence-corrected chi connectivity index (χ0v) is 15.1. The molecule has 0 aromatic heterocycles. The van der Waals surface area contributed by atoms with Crippen LogP contribution in [0.25, 0.3) is 0 Å². The van der Waals surface area contributed by atoms with Crippen LogP contribution >= 0.6 is 0 Å². The Kier molecular flexibility index (Phi) is 6.58. The summed E-state index contributed by atoms with van der Waals surface area (Å²) < 4.78 is 34.1. The molecule has 0 saturated heterocycles. The highest BCUT2D eigenvalue weighted by atomic mass is 32.2. The van der Waals surface area contributed by atoms with Crippen LogP contribution in [0.1, 0.15) is 39.7 Å². The van der Waals surface area contributed by atoms with Crippen molar-refractivity contribution in [3.8, 4) is 0 Å². The molecule has 0 heterocycles. The van der Waals surface area contributed by atoms with E-state index >= 15 is 0 Å². The second-order valence-corrected chi connectivity index (χ2v) is 8.04. The van der Waals surface area contributed by atoms with E-state index in [0.717, 1.165) is 5.56 Å². The molecule has 0 saturated carbocycles. The average Bonchev–Trinajstić information content (AvgIpc) is 2.36. The number of benzene rings is 1. The first-order valence-corrected chi connectivity index (χ1v) is 8.86. The van der Waals surface area contributed by atoms with E-state index in [1.807, 2.05) is 6.92 Å². The number of ether oxygens (including phenoxy) is 1. The van der Waals surface area contributed by atoms with Crippen molar-refractivity contribution < 1.29 is 22.1 Å². The Bertz CT molecular complexity index is 617. The van der Waals surface area contributed by atoms with E-state index in [2.05, 4.69) is 5.32 Å². The summed E-state index contributed by atoms with van der Waals surface area (Å²) in [5.41, 5.74) is 0.397. The maximum atomic E-state index is 12.0. The number of rotatable bonds is 6. The summed E-state index contributed by atoms with van der Waals surface area (Å²) >= 11 is 0. The van der Waals surface area contributed by atoms with Crippen LogP contribution in [0.4, 0.5) is 4.79 Å². The van der Waals surface area contributed by atoms with Gasteiger partial charge in [0.15, 0.2) is 0 Å². The first-order chi connectivity index (χ1) is 10.5. The molecule has 1 N–H and O–H groups in total. The number of nitrogens with one attached hydrogen (secondary N) is 1. The summed E-state index contributed by atoms with van der Waals surface area (Å²) in [5.74, 6) is 0. The summed E-state index contributed by atoms with van der Waals surface area (Å²) in [5, 5.41) is 2.63. The Morgan fingerprint density at radius 3 is 2.30 bits per heavy atom. The van der Waals surface area contributed by atoms with Crippen molar-refractivity contribution in [2.75, 3.05) is 6.61 Å². The SMILES string of the molecule is Cc1ccc(S(=O)(=O)OCCC(C)NC(=O)OC(C)(C)C)cc1. The molecule has 0 bridgehead atoms. The van der Waals surface area contributed by atoms with Crippen molar-refractivity contribution in [1.29, 1.82) is 0 Å². The quantitative estimate of drug-likeness (QED) is 0.803. The van der Waals surface area contributed by atoms with E-state index < -0.39 is 21.8 Å². The van der Waals surface area contributed by atoms with Gasteiger partial charge in [0.1, 0.15) is 5.60 Å². The van der Waals surface area contributed by atoms with Crippen molar-refractivity contribution in [2.24, 2.45) is 0 Å². The molecule has 7 heteroatoms. The molecule has 130 valence electrons. The van der Waals surface area contributed by atoms with Gasteiger partial charge in [-0.25, -0.2) is 4.79 Å². The molecular weight excluding hydrogens is 318 g/mol. The van der Waals surface area contributed by atoms with Crippen LogP contribution in [0.15, 0.2) is 29.2 Å². The molecular formula is C16H25NO5S. The Labute approximate surface area is 138 Å². The number of hydrogen-bond donors (Lipinski definition) is 1. The number of hydrogen-bond acceptors (Lipinski definition) is 5. The predicted molar refractivity (Wildman–Crippen MR) is 87.8 cm³/mol. The lowest BCUT2D eigenvalue weighted by Gasteiger charge is -2.21. The zero-order chi connectivity index (χ0) is 17.7. The number of aryl methyl sites for hydroxylation is 1. The monoisotopic (exact) mass is 343 g/mol. The Morgan fingerprint density at radius 1 is 1.22 bits per heavy atom. The molecule has 1 rings (SSSR count). The van der Waals surface area contributed by atoms with Crippen molar-refractivity contribution in [2.45, 2.75) is 57.6 Å². The molecule has 1 amide bonds. The van der Waals surface area contributed by atoms with Gasteiger partial charge in [-0.15, -0.1) is 0 Å². The van der Waals surface area contributed by atoms with Gasteiger partial charge in [0, 0.05) is 6.04 Å². The molecule has 1 aromatic rings. The minimum atomic E-state index is -3.77. The standard InChI is InChI=1S/C16H25NO5S/c1-12-6-8-14(9-7-12)23(19,20)21-11-10-13(2)17-15(18)22-16(3,4)5/h6-9,13H,10-11H2,1-5H3,(H,17,18). The number of carbonyl (C=O) groups is 1. The van der Waals surface area contributed by atoms with E-state index in [1.54, 1.807) is 39.8 Å². The van der Waals surface area contributed by atoms with Gasteiger partial charge >= 0.3 is 6.09 Å². The second-order valence-electron chi connectivity index (χ2n) is 6.43. The largest absolute Gasteiger partial charge is 0.444 e. The normalized spacial score (nSPS) is 13.4. The summed E-state index contributed by atoms with van der Waals surface area (Å²) in [4.78, 5) is 11.7. The maximum Gasteiger partial charge on any atom is 0.407 e. The minimum absolute atomic E-state index is 0.0207. The Morgan fingerprint density at radius 2 is 1.78 bits per heavy atom. The van der Waals surface area contributed by atoms with Gasteiger partial charge < -0.3 is 10.1 Å². The molecule has 0 aliphatic carbocycles. The van der Waals surface area contributed by atoms with Crippen LogP contribution in [0.5, 0.6) is 0 Å². The lowest BCUT2D eigenvalue weighted by atomic mass is 10.2. The Balaban J connectivity index is 2.43. The van der Waals surface area contributed by atoms with Crippen LogP contribution in [-0.4, -0.2) is 32.8 Å². The van der Waals surface area contributed by atoms with E-state index in [-0.39, 0.29) is 17.5 Å². The highest BCUT2D eigenvalue weighted by molar-refractivity contribution is 7.86. The third-order valence-corrected chi connectivity index (χ3v) is 4.19. The van der Waals surface area contributed by atoms with Crippen LogP contribution < -0.4 is 5.32 Å². The zero-order valence-electron chi connectivity index (χ0n) is 14.3. The molecule has 0 spiro atoms. The predicted octanol–water partition coefficient (Wildman–Crippen LogP) is 3.00. The first-order valence-electron chi connectivity index (χ1n) is 7.45. The van der Waals surface area contributed by atoms with Crippen LogP contribution in [-0.2, 0) is 19.0 Å². The molecule has 0 aliphatic heterocycles. The molecule has 23 heavy (non-hydrogen) atoms. The Hall–Kier alpha value is -1.60. The highest BCUT2D eigenvalue weighted by Gasteiger charge is 2.19. The van der Waals surface area contributed by atoms with Gasteiger partial charge in [0.05, 0.1) is 11.5 Å². The third-order valence-electron chi connectivity index (χ3n) is 2.86.